The van der Waals surface area contributed by atoms with Gasteiger partial charge in [0.15, 0.2) is 0 Å². The maximum absolute atomic E-state index is 10.4. The number of phenols is 1. The van der Waals surface area contributed by atoms with Gasteiger partial charge in [0.25, 0.3) is 0 Å². The van der Waals surface area contributed by atoms with Gasteiger partial charge >= 0.3 is 0 Å². The maximum atomic E-state index is 10.4. The molecule has 4 N–H and O–H groups in total. The molecule has 0 aliphatic carbocycles. The van der Waals surface area contributed by atoms with Crippen molar-refractivity contribution < 1.29 is 14.6 Å². The van der Waals surface area contributed by atoms with Crippen molar-refractivity contribution in [1.82, 2.24) is 5.32 Å². The average Bonchev–Trinajstić information content (AvgIpc) is 2.26. The summed E-state index contributed by atoms with van der Waals surface area (Å²) in [6.07, 6.45) is 0. The van der Waals surface area contributed by atoms with Crippen molar-refractivity contribution in [2.75, 3.05) is 19.8 Å². The zero-order chi connectivity index (χ0) is 12.7. The number of benzene rings is 1. The Morgan fingerprint density at radius 2 is 2.29 bits per heavy atom. The number of ether oxygens (including phenoxy) is 1. The summed E-state index contributed by atoms with van der Waals surface area (Å²) in [4.78, 5) is 10.4. The fourth-order valence-electron chi connectivity index (χ4n) is 1.25. The van der Waals surface area contributed by atoms with E-state index in [1.54, 1.807) is 18.2 Å². The minimum Gasteiger partial charge on any atom is -0.508 e. The highest BCUT2D eigenvalue weighted by molar-refractivity contribution is 6.31. The third-order valence-electron chi connectivity index (χ3n) is 2.06. The Bertz CT molecular complexity index is 365. The van der Waals surface area contributed by atoms with Crippen LogP contribution >= 0.6 is 11.6 Å². The second-order valence-corrected chi connectivity index (χ2v) is 3.84. The summed E-state index contributed by atoms with van der Waals surface area (Å²) in [7, 11) is 0. The molecular formula is C11H15ClN2O3. The number of carbonyl (C=O) groups excluding carboxylic acids is 1. The van der Waals surface area contributed by atoms with E-state index in [9.17, 15) is 9.90 Å². The number of amides is 1. The molecule has 0 unspecified atom stereocenters. The van der Waals surface area contributed by atoms with Crippen LogP contribution in [0.4, 0.5) is 0 Å². The molecule has 0 spiro atoms. The Labute approximate surface area is 105 Å². The number of nitrogens with two attached hydrogens (primary N) is 1. The lowest BCUT2D eigenvalue weighted by Crippen LogP contribution is -2.23. The Morgan fingerprint density at radius 1 is 1.53 bits per heavy atom. The molecule has 1 rings (SSSR count). The van der Waals surface area contributed by atoms with Gasteiger partial charge in [-0.3, -0.25) is 4.79 Å². The molecule has 1 amide bonds. The number of phenolic OH excluding ortho intramolecular Hbond substituents is 1. The minimum atomic E-state index is -0.492. The highest BCUT2D eigenvalue weighted by Crippen LogP contribution is 2.24. The van der Waals surface area contributed by atoms with Gasteiger partial charge in [0.05, 0.1) is 6.61 Å². The van der Waals surface area contributed by atoms with E-state index in [1.165, 1.54) is 0 Å². The number of hydrogen-bond acceptors (Lipinski definition) is 4. The average molecular weight is 259 g/mol. The summed E-state index contributed by atoms with van der Waals surface area (Å²) in [6, 6.07) is 4.96. The van der Waals surface area contributed by atoms with Crippen LogP contribution in [0, 0.1) is 0 Å². The Kier molecular flexibility index (Phi) is 5.76. The molecule has 17 heavy (non-hydrogen) atoms. The molecule has 94 valence electrons. The van der Waals surface area contributed by atoms with E-state index in [0.717, 1.165) is 0 Å². The molecule has 0 atom stereocenters. The molecule has 0 aliphatic rings. The van der Waals surface area contributed by atoms with Crippen molar-refractivity contribution in [3.8, 4) is 5.75 Å². The van der Waals surface area contributed by atoms with E-state index >= 15 is 0 Å². The smallest absolute Gasteiger partial charge is 0.243 e. The number of halogens is 1. The first-order valence-corrected chi connectivity index (χ1v) is 5.52. The monoisotopic (exact) mass is 258 g/mol. The van der Waals surface area contributed by atoms with Crippen molar-refractivity contribution in [3.05, 3.63) is 28.8 Å². The predicted molar refractivity (Wildman–Crippen MR) is 64.8 cm³/mol. The molecule has 0 heterocycles. The molecule has 6 heteroatoms. The number of primary amides is 1. The number of rotatable bonds is 7. The zero-order valence-corrected chi connectivity index (χ0v) is 10.0. The summed E-state index contributed by atoms with van der Waals surface area (Å²) in [5, 5.41) is 13.1. The molecule has 0 bridgehead atoms. The lowest BCUT2D eigenvalue weighted by atomic mass is 10.2. The molecule has 1 aromatic carbocycles. The van der Waals surface area contributed by atoms with Crippen molar-refractivity contribution in [1.29, 1.82) is 0 Å². The van der Waals surface area contributed by atoms with E-state index in [0.29, 0.717) is 30.3 Å². The molecule has 0 aliphatic heterocycles. The van der Waals surface area contributed by atoms with Gasteiger partial charge in [0.2, 0.25) is 5.91 Å². The lowest BCUT2D eigenvalue weighted by molar-refractivity contribution is -0.122. The van der Waals surface area contributed by atoms with Gasteiger partial charge in [-0.2, -0.15) is 0 Å². The van der Waals surface area contributed by atoms with Crippen molar-refractivity contribution in [2.24, 2.45) is 5.73 Å². The lowest BCUT2D eigenvalue weighted by Gasteiger charge is -2.08. The third-order valence-corrected chi connectivity index (χ3v) is 2.42. The third kappa shape index (κ3) is 5.04. The standard InChI is InChI=1S/C11H15ClN2O3/c12-9-2-1-3-10(15)8(9)6-14-4-5-17-7-11(13)16/h1-3,14-15H,4-7H2,(H2,13,16). The van der Waals surface area contributed by atoms with Crippen LogP contribution in [-0.4, -0.2) is 30.8 Å². The molecule has 0 aromatic heterocycles. The van der Waals surface area contributed by atoms with Crippen LogP contribution in [-0.2, 0) is 16.1 Å². The summed E-state index contributed by atoms with van der Waals surface area (Å²) < 4.78 is 4.96. The normalized spacial score (nSPS) is 10.4. The summed E-state index contributed by atoms with van der Waals surface area (Å²) in [5.41, 5.74) is 5.55. The molecule has 0 saturated heterocycles. The SMILES string of the molecule is NC(=O)COCCNCc1c(O)cccc1Cl. The van der Waals surface area contributed by atoms with Crippen molar-refractivity contribution in [2.45, 2.75) is 6.54 Å². The number of carbonyl (C=O) groups is 1. The van der Waals surface area contributed by atoms with Crippen LogP contribution in [0.2, 0.25) is 5.02 Å². The van der Waals surface area contributed by atoms with Crippen LogP contribution in [0.3, 0.4) is 0 Å². The largest absolute Gasteiger partial charge is 0.508 e. The highest BCUT2D eigenvalue weighted by Gasteiger charge is 2.04. The van der Waals surface area contributed by atoms with E-state index in [-0.39, 0.29) is 12.4 Å². The Hall–Kier alpha value is -1.30. The van der Waals surface area contributed by atoms with Gasteiger partial charge in [-0.15, -0.1) is 0 Å². The molecule has 1 aromatic rings. The second kappa shape index (κ2) is 7.11. The van der Waals surface area contributed by atoms with E-state index in [4.69, 9.17) is 22.1 Å². The Balaban J connectivity index is 2.24. The topological polar surface area (TPSA) is 84.6 Å². The predicted octanol–water partition coefficient (Wildman–Crippen LogP) is 0.637. The molecule has 5 nitrogen and oxygen atoms in total. The van der Waals surface area contributed by atoms with Crippen LogP contribution in [0.15, 0.2) is 18.2 Å². The summed E-state index contributed by atoms with van der Waals surface area (Å²) >= 11 is 5.92. The Morgan fingerprint density at radius 3 is 2.94 bits per heavy atom. The van der Waals surface area contributed by atoms with Gasteiger partial charge in [-0.1, -0.05) is 17.7 Å². The van der Waals surface area contributed by atoms with Crippen LogP contribution in [0.25, 0.3) is 0 Å². The first kappa shape index (κ1) is 13.8. The molecule has 0 radical (unpaired) electrons. The summed E-state index contributed by atoms with van der Waals surface area (Å²) in [6.45, 7) is 1.26. The van der Waals surface area contributed by atoms with Gasteiger partial charge in [-0.25, -0.2) is 0 Å². The maximum Gasteiger partial charge on any atom is 0.243 e. The fraction of sp³-hybridized carbons (Fsp3) is 0.364. The number of nitrogens with one attached hydrogen (secondary N) is 1. The zero-order valence-electron chi connectivity index (χ0n) is 9.28. The van der Waals surface area contributed by atoms with E-state index < -0.39 is 5.91 Å². The van der Waals surface area contributed by atoms with Gasteiger partial charge < -0.3 is 20.9 Å². The highest BCUT2D eigenvalue weighted by atomic mass is 35.5. The van der Waals surface area contributed by atoms with Crippen molar-refractivity contribution >= 4 is 17.5 Å². The van der Waals surface area contributed by atoms with Gasteiger partial charge in [0, 0.05) is 23.7 Å². The van der Waals surface area contributed by atoms with Gasteiger partial charge in [-0.05, 0) is 12.1 Å². The number of hydrogen-bond donors (Lipinski definition) is 3. The minimum absolute atomic E-state index is 0.0843. The van der Waals surface area contributed by atoms with E-state index in [1.807, 2.05) is 0 Å². The quantitative estimate of drug-likeness (QED) is 0.627. The van der Waals surface area contributed by atoms with E-state index in [2.05, 4.69) is 5.32 Å². The molecule has 0 saturated carbocycles. The van der Waals surface area contributed by atoms with Crippen LogP contribution < -0.4 is 11.1 Å². The summed E-state index contributed by atoms with van der Waals surface area (Å²) in [5.74, 6) is -0.336. The van der Waals surface area contributed by atoms with Crippen LogP contribution in [0.5, 0.6) is 5.75 Å². The van der Waals surface area contributed by atoms with Gasteiger partial charge in [0.1, 0.15) is 12.4 Å². The number of aromatic hydroxyl groups is 1. The molecular weight excluding hydrogens is 244 g/mol. The fourth-order valence-corrected chi connectivity index (χ4v) is 1.49. The second-order valence-electron chi connectivity index (χ2n) is 3.43. The molecule has 0 fully saturated rings. The first-order valence-electron chi connectivity index (χ1n) is 5.14. The van der Waals surface area contributed by atoms with Crippen molar-refractivity contribution in [3.63, 3.8) is 0 Å². The first-order chi connectivity index (χ1) is 8.11. The van der Waals surface area contributed by atoms with Crippen LogP contribution in [0.1, 0.15) is 5.56 Å².